The van der Waals surface area contributed by atoms with Gasteiger partial charge in [-0.25, -0.2) is 14.7 Å². The number of rotatable bonds is 7. The molecule has 0 bridgehead atoms. The van der Waals surface area contributed by atoms with Gasteiger partial charge in [0.25, 0.3) is 0 Å². The molecule has 2 saturated carbocycles. The van der Waals surface area contributed by atoms with Crippen molar-refractivity contribution in [3.05, 3.63) is 90.3 Å². The predicted molar refractivity (Wildman–Crippen MR) is 160 cm³/mol. The lowest BCUT2D eigenvalue weighted by Crippen LogP contribution is -2.19. The lowest BCUT2D eigenvalue weighted by atomic mass is 9.96. The molecule has 0 spiro atoms. The smallest absolute Gasteiger partial charge is 0.125 e. The van der Waals surface area contributed by atoms with Crippen molar-refractivity contribution < 1.29 is 0 Å². The third-order valence-corrected chi connectivity index (χ3v) is 7.15. The topological polar surface area (TPSA) is 54.9 Å². The Morgan fingerprint density at radius 3 is 1.97 bits per heavy atom. The molecule has 3 aromatic rings. The Morgan fingerprint density at radius 1 is 0.763 bits per heavy atom. The van der Waals surface area contributed by atoms with Crippen LogP contribution in [0.2, 0.25) is 0 Å². The first-order valence-corrected chi connectivity index (χ1v) is 14.1. The maximum absolute atomic E-state index is 5.01. The Balaban J connectivity index is 0.000000213. The Bertz CT molecular complexity index is 1090. The fourth-order valence-electron chi connectivity index (χ4n) is 5.02. The number of aromatic nitrogens is 2. The summed E-state index contributed by atoms with van der Waals surface area (Å²) < 4.78 is 1.94. The van der Waals surface area contributed by atoms with Gasteiger partial charge in [0.2, 0.25) is 0 Å². The molecule has 2 aromatic carbocycles. The highest BCUT2D eigenvalue weighted by atomic mass is 15.3. The monoisotopic (exact) mass is 511 g/mol. The van der Waals surface area contributed by atoms with E-state index in [2.05, 4.69) is 63.6 Å². The molecule has 5 heteroatoms. The second kappa shape index (κ2) is 17.3. The van der Waals surface area contributed by atoms with Gasteiger partial charge in [0.15, 0.2) is 0 Å². The first kappa shape index (κ1) is 29.3. The van der Waals surface area contributed by atoms with E-state index in [1.165, 1.54) is 75.3 Å². The number of hydrogen-bond donors (Lipinski definition) is 0. The standard InChI is InChI=1S/C18H23N3.C14H18N2.CH4/c1-3-8-16(9-4-1)12-13-18(21-15-7-14-19-21)20-17-10-5-2-6-11-17;1-3-7-13(8-4-1)11-15-12-16-14-9-5-2-6-10-14;/h1,3-4,7-9,14-15,17H,2,5-6,10-13H2;1,3-4,7-8,14H,2,5-6,9-11H2;1H4. The van der Waals surface area contributed by atoms with Crippen LogP contribution < -0.4 is 0 Å². The van der Waals surface area contributed by atoms with E-state index < -0.39 is 0 Å². The highest BCUT2D eigenvalue weighted by Gasteiger charge is 2.14. The minimum Gasteiger partial charge on any atom is -0.267 e. The zero-order valence-electron chi connectivity index (χ0n) is 22.1. The maximum atomic E-state index is 5.01. The molecule has 5 nitrogen and oxygen atoms in total. The minimum absolute atomic E-state index is 0. The Morgan fingerprint density at radius 2 is 1.37 bits per heavy atom. The molecule has 2 aliphatic rings. The van der Waals surface area contributed by atoms with E-state index in [4.69, 9.17) is 4.99 Å². The molecule has 1 aromatic heterocycles. The van der Waals surface area contributed by atoms with Crippen molar-refractivity contribution in [2.45, 2.75) is 103 Å². The minimum atomic E-state index is 0. The van der Waals surface area contributed by atoms with E-state index >= 15 is 0 Å². The van der Waals surface area contributed by atoms with Gasteiger partial charge < -0.3 is 0 Å². The van der Waals surface area contributed by atoms with Gasteiger partial charge in [-0.3, -0.25) is 4.99 Å². The molecule has 38 heavy (non-hydrogen) atoms. The zero-order valence-corrected chi connectivity index (χ0v) is 22.1. The highest BCUT2D eigenvalue weighted by molar-refractivity contribution is 5.84. The van der Waals surface area contributed by atoms with E-state index in [1.54, 1.807) is 0 Å². The van der Waals surface area contributed by atoms with Crippen LogP contribution in [-0.2, 0) is 13.0 Å². The van der Waals surface area contributed by atoms with E-state index in [1.807, 2.05) is 41.3 Å². The molecule has 0 radical (unpaired) electrons. The Labute approximate surface area is 229 Å². The van der Waals surface area contributed by atoms with E-state index in [0.717, 1.165) is 18.7 Å². The average molecular weight is 512 g/mol. The number of nitrogens with zero attached hydrogens (tertiary/aromatic N) is 5. The molecule has 202 valence electrons. The van der Waals surface area contributed by atoms with Crippen LogP contribution in [-0.4, -0.2) is 33.7 Å². The van der Waals surface area contributed by atoms with Crippen molar-refractivity contribution in [1.82, 2.24) is 9.78 Å². The zero-order chi connectivity index (χ0) is 25.4. The normalized spacial score (nSPS) is 16.4. The summed E-state index contributed by atoms with van der Waals surface area (Å²) in [7, 11) is 0. The molecule has 2 aliphatic carbocycles. The highest BCUT2D eigenvalue weighted by Crippen LogP contribution is 2.21. The van der Waals surface area contributed by atoms with Gasteiger partial charge in [-0.15, -0.1) is 0 Å². The molecule has 1 heterocycles. The molecule has 5 rings (SSSR count). The quantitative estimate of drug-likeness (QED) is 0.232. The fraction of sp³-hybridized carbons (Fsp3) is 0.485. The van der Waals surface area contributed by atoms with Crippen LogP contribution in [0.15, 0.2) is 94.1 Å². The molecule has 0 aliphatic heterocycles. The van der Waals surface area contributed by atoms with Crippen molar-refractivity contribution in [3.8, 4) is 0 Å². The van der Waals surface area contributed by atoms with E-state index in [9.17, 15) is 0 Å². The predicted octanol–water partition coefficient (Wildman–Crippen LogP) is 8.42. The molecule has 0 atom stereocenters. The first-order chi connectivity index (χ1) is 18.4. The molecule has 2 fully saturated rings. The van der Waals surface area contributed by atoms with Gasteiger partial charge in [0, 0.05) is 18.8 Å². The summed E-state index contributed by atoms with van der Waals surface area (Å²) in [6.07, 6.45) is 18.7. The Kier molecular flexibility index (Phi) is 13.3. The first-order valence-electron chi connectivity index (χ1n) is 14.1. The van der Waals surface area contributed by atoms with Crippen molar-refractivity contribution in [1.29, 1.82) is 0 Å². The van der Waals surface area contributed by atoms with Crippen LogP contribution in [0.4, 0.5) is 0 Å². The molecule has 0 unspecified atom stereocenters. The van der Waals surface area contributed by atoms with Crippen LogP contribution in [0.5, 0.6) is 0 Å². The SMILES string of the molecule is C.C(=NCc1ccccc1)=NC1CCCCC1.c1ccc(CCC(=NC2CCCCC2)n2cccn2)cc1. The summed E-state index contributed by atoms with van der Waals surface area (Å²) in [5, 5.41) is 4.38. The van der Waals surface area contributed by atoms with Gasteiger partial charge in [0.05, 0.1) is 24.6 Å². The second-order valence-corrected chi connectivity index (χ2v) is 10.1. The number of aliphatic imine (C=N–C) groups is 3. The number of hydrogen-bond acceptors (Lipinski definition) is 4. The molecular weight excluding hydrogens is 466 g/mol. The molecule has 0 amide bonds. The van der Waals surface area contributed by atoms with E-state index in [0.29, 0.717) is 18.6 Å². The van der Waals surface area contributed by atoms with Crippen molar-refractivity contribution in [3.63, 3.8) is 0 Å². The summed E-state index contributed by atoms with van der Waals surface area (Å²) >= 11 is 0. The van der Waals surface area contributed by atoms with E-state index in [-0.39, 0.29) is 7.43 Å². The average Bonchev–Trinajstić information content (AvgIpc) is 3.51. The van der Waals surface area contributed by atoms with Gasteiger partial charge >= 0.3 is 0 Å². The van der Waals surface area contributed by atoms with Crippen LogP contribution in [0.3, 0.4) is 0 Å². The maximum Gasteiger partial charge on any atom is 0.125 e. The molecule has 0 N–H and O–H groups in total. The number of benzene rings is 2. The Hall–Kier alpha value is -3.30. The van der Waals surface area contributed by atoms with Gasteiger partial charge in [0.1, 0.15) is 5.84 Å². The summed E-state index contributed by atoms with van der Waals surface area (Å²) in [5.41, 5.74) is 2.58. The third-order valence-electron chi connectivity index (χ3n) is 7.15. The van der Waals surface area contributed by atoms with Crippen LogP contribution in [0.25, 0.3) is 0 Å². The van der Waals surface area contributed by atoms with Gasteiger partial charge in [-0.2, -0.15) is 5.10 Å². The largest absolute Gasteiger partial charge is 0.267 e. The molecule has 0 saturated heterocycles. The van der Waals surface area contributed by atoms with Crippen LogP contribution in [0.1, 0.15) is 89.2 Å². The summed E-state index contributed by atoms with van der Waals surface area (Å²) in [4.78, 5) is 13.6. The van der Waals surface area contributed by atoms with Crippen LogP contribution >= 0.6 is 0 Å². The van der Waals surface area contributed by atoms with Gasteiger partial charge in [-0.1, -0.05) is 107 Å². The van der Waals surface area contributed by atoms with Crippen molar-refractivity contribution in [2.75, 3.05) is 0 Å². The second-order valence-electron chi connectivity index (χ2n) is 10.1. The fourth-order valence-corrected chi connectivity index (χ4v) is 5.02. The summed E-state index contributed by atoms with van der Waals surface area (Å²) in [5.74, 6) is 1.11. The molecular formula is C33H45N5. The lowest BCUT2D eigenvalue weighted by molar-refractivity contribution is 0.441. The summed E-state index contributed by atoms with van der Waals surface area (Å²) in [6.45, 7) is 0.692. The van der Waals surface area contributed by atoms with Crippen LogP contribution in [0, 0.1) is 0 Å². The summed E-state index contributed by atoms with van der Waals surface area (Å²) in [6, 6.07) is 26.7. The van der Waals surface area contributed by atoms with Crippen molar-refractivity contribution >= 4 is 11.8 Å². The van der Waals surface area contributed by atoms with Crippen molar-refractivity contribution in [2.24, 2.45) is 15.0 Å². The lowest BCUT2D eigenvalue weighted by Gasteiger charge is -2.19. The van der Waals surface area contributed by atoms with Gasteiger partial charge in [-0.05, 0) is 49.3 Å². The number of aryl methyl sites for hydroxylation is 1. The third kappa shape index (κ3) is 10.6.